The van der Waals surface area contributed by atoms with E-state index in [0.717, 1.165) is 36.4 Å². The lowest BCUT2D eigenvalue weighted by Crippen LogP contribution is -2.31. The molecule has 0 amide bonds. The van der Waals surface area contributed by atoms with Crippen LogP contribution in [0.15, 0.2) is 29.2 Å². The van der Waals surface area contributed by atoms with Crippen molar-refractivity contribution in [2.75, 3.05) is 0 Å². The monoisotopic (exact) mass is 381 g/mol. The summed E-state index contributed by atoms with van der Waals surface area (Å²) in [6, 6.07) is 6.47. The van der Waals surface area contributed by atoms with Crippen molar-refractivity contribution in [2.45, 2.75) is 44.8 Å². The number of carboxylic acid groups (broad SMARTS) is 1. The number of carbonyl (C=O) groups is 1. The lowest BCUT2D eigenvalue weighted by molar-refractivity contribution is 0.0695. The zero-order valence-electron chi connectivity index (χ0n) is 14.9. The fourth-order valence-corrected chi connectivity index (χ4v) is 4.84. The predicted molar refractivity (Wildman–Crippen MR) is 105 cm³/mol. The summed E-state index contributed by atoms with van der Waals surface area (Å²) in [6.45, 7) is 3.06. The lowest BCUT2D eigenvalue weighted by atomic mass is 10.0. The second-order valence-electron chi connectivity index (χ2n) is 7.43. The Morgan fingerprint density at radius 1 is 1.37 bits per heavy atom. The molecule has 3 aromatic heterocycles. The number of fused-ring (bicyclic) bond motifs is 2. The quantitative estimate of drug-likeness (QED) is 0.728. The van der Waals surface area contributed by atoms with Gasteiger partial charge in [-0.1, -0.05) is 0 Å². The van der Waals surface area contributed by atoms with E-state index in [1.165, 1.54) is 16.6 Å². The topological polar surface area (TPSA) is 84.2 Å². The van der Waals surface area contributed by atoms with Gasteiger partial charge in [0.25, 0.3) is 0 Å². The van der Waals surface area contributed by atoms with Crippen LogP contribution in [-0.4, -0.2) is 26.7 Å². The molecular formula is C20H19N3O3S. The molecule has 1 unspecified atom stereocenters. The highest BCUT2D eigenvalue weighted by Crippen LogP contribution is 2.38. The number of nitrogens with one attached hydrogen (secondary N) is 1. The van der Waals surface area contributed by atoms with Crippen molar-refractivity contribution in [3.63, 3.8) is 0 Å². The Bertz CT molecular complexity index is 1140. The number of aromatic carboxylic acids is 1. The number of nitrogens with zero attached hydrogens (tertiary/aromatic N) is 2. The second kappa shape index (κ2) is 6.00. The van der Waals surface area contributed by atoms with E-state index in [1.807, 2.05) is 10.6 Å². The largest absolute Gasteiger partial charge is 0.477 e. The van der Waals surface area contributed by atoms with Crippen LogP contribution in [0.4, 0.5) is 0 Å². The molecule has 27 heavy (non-hydrogen) atoms. The summed E-state index contributed by atoms with van der Waals surface area (Å²) in [5.74, 6) is -1.19. The van der Waals surface area contributed by atoms with Gasteiger partial charge in [-0.15, -0.1) is 11.3 Å². The van der Waals surface area contributed by atoms with Crippen LogP contribution in [0.3, 0.4) is 0 Å². The highest BCUT2D eigenvalue weighted by Gasteiger charge is 2.28. The first-order valence-electron chi connectivity index (χ1n) is 9.16. The summed E-state index contributed by atoms with van der Waals surface area (Å²) >= 11 is 1.73. The number of thiophene rings is 1. The van der Waals surface area contributed by atoms with Crippen LogP contribution in [0.5, 0.6) is 0 Å². The summed E-state index contributed by atoms with van der Waals surface area (Å²) < 4.78 is 1.88. The van der Waals surface area contributed by atoms with Gasteiger partial charge < -0.3 is 15.0 Å². The predicted octanol–water partition coefficient (Wildman–Crippen LogP) is 3.19. The fourth-order valence-electron chi connectivity index (χ4n) is 3.73. The summed E-state index contributed by atoms with van der Waals surface area (Å²) in [7, 11) is 0. The molecule has 138 valence electrons. The van der Waals surface area contributed by atoms with Crippen LogP contribution in [-0.2, 0) is 13.0 Å². The third-order valence-electron chi connectivity index (χ3n) is 5.33. The van der Waals surface area contributed by atoms with E-state index in [1.54, 1.807) is 17.4 Å². The number of hydrogen-bond donors (Lipinski definition) is 2. The first-order chi connectivity index (χ1) is 13.0. The Kier molecular flexibility index (Phi) is 3.70. The zero-order valence-corrected chi connectivity index (χ0v) is 15.7. The molecule has 2 aliphatic rings. The molecule has 0 bridgehead atoms. The van der Waals surface area contributed by atoms with E-state index in [2.05, 4.69) is 18.3 Å². The van der Waals surface area contributed by atoms with Gasteiger partial charge in [-0.3, -0.25) is 4.79 Å². The van der Waals surface area contributed by atoms with Gasteiger partial charge in [0.2, 0.25) is 5.43 Å². The van der Waals surface area contributed by atoms with Gasteiger partial charge >= 0.3 is 5.97 Å². The molecule has 0 radical (unpaired) electrons. The minimum Gasteiger partial charge on any atom is -0.477 e. The van der Waals surface area contributed by atoms with E-state index >= 15 is 0 Å². The molecule has 4 heterocycles. The molecule has 1 saturated carbocycles. The van der Waals surface area contributed by atoms with E-state index in [9.17, 15) is 14.7 Å². The van der Waals surface area contributed by atoms with Crippen LogP contribution < -0.4 is 10.7 Å². The number of rotatable bonds is 3. The number of hydrogen-bond acceptors (Lipinski definition) is 5. The van der Waals surface area contributed by atoms with Crippen LogP contribution in [0, 0.1) is 0 Å². The minimum absolute atomic E-state index is 0.185. The van der Waals surface area contributed by atoms with E-state index in [-0.39, 0.29) is 11.6 Å². The molecule has 0 aromatic carbocycles. The standard InChI is InChI=1S/C20H19N3O3S/c1-10-6-11-7-16(27-17(11)8-21-10)15-5-4-13-18(24)14(20(25)26)9-23(12-2-3-12)19(13)22-15/h4-5,7,9-10,12,21H,2-3,6,8H2,1H3,(H,25,26). The Hall–Kier alpha value is -2.51. The molecule has 0 saturated heterocycles. The normalized spacial score (nSPS) is 19.2. The molecule has 1 atom stereocenters. The summed E-state index contributed by atoms with van der Waals surface area (Å²) in [4.78, 5) is 31.2. The first-order valence-corrected chi connectivity index (χ1v) is 9.97. The van der Waals surface area contributed by atoms with Gasteiger partial charge in [-0.2, -0.15) is 0 Å². The lowest BCUT2D eigenvalue weighted by Gasteiger charge is -2.19. The Morgan fingerprint density at radius 3 is 2.93 bits per heavy atom. The van der Waals surface area contributed by atoms with E-state index in [4.69, 9.17) is 4.98 Å². The molecule has 1 fully saturated rings. The van der Waals surface area contributed by atoms with Gasteiger partial charge in [-0.05, 0) is 49.9 Å². The van der Waals surface area contributed by atoms with Crippen molar-refractivity contribution in [1.82, 2.24) is 14.9 Å². The van der Waals surface area contributed by atoms with Gasteiger partial charge in [0.1, 0.15) is 11.2 Å². The third-order valence-corrected chi connectivity index (χ3v) is 6.53. The third kappa shape index (κ3) is 2.78. The van der Waals surface area contributed by atoms with Crippen molar-refractivity contribution >= 4 is 28.3 Å². The summed E-state index contributed by atoms with van der Waals surface area (Å²) in [5.41, 5.74) is 2.14. The van der Waals surface area contributed by atoms with E-state index in [0.29, 0.717) is 17.1 Å². The highest BCUT2D eigenvalue weighted by molar-refractivity contribution is 7.15. The Labute approximate surface area is 159 Å². The molecule has 3 aromatic rings. The van der Waals surface area contributed by atoms with Crippen molar-refractivity contribution in [2.24, 2.45) is 0 Å². The smallest absolute Gasteiger partial charge is 0.341 e. The minimum atomic E-state index is -1.19. The van der Waals surface area contributed by atoms with Gasteiger partial charge in [0.15, 0.2) is 0 Å². The molecule has 7 heteroatoms. The highest BCUT2D eigenvalue weighted by atomic mass is 32.1. The van der Waals surface area contributed by atoms with Crippen molar-refractivity contribution in [3.8, 4) is 10.6 Å². The van der Waals surface area contributed by atoms with Crippen LogP contribution in [0.1, 0.15) is 46.6 Å². The zero-order chi connectivity index (χ0) is 18.7. The number of pyridine rings is 2. The first kappa shape index (κ1) is 16.6. The van der Waals surface area contributed by atoms with Gasteiger partial charge in [0, 0.05) is 29.7 Å². The van der Waals surface area contributed by atoms with Crippen LogP contribution >= 0.6 is 11.3 Å². The SMILES string of the molecule is CC1Cc2cc(-c3ccc4c(=O)c(C(=O)O)cn(C5CC5)c4n3)sc2CN1. The van der Waals surface area contributed by atoms with E-state index < -0.39 is 11.4 Å². The molecule has 1 aliphatic heterocycles. The molecule has 6 nitrogen and oxygen atoms in total. The molecule has 0 spiro atoms. The summed E-state index contributed by atoms with van der Waals surface area (Å²) in [5, 5.41) is 13.2. The van der Waals surface area contributed by atoms with Crippen molar-refractivity contribution in [3.05, 3.63) is 50.6 Å². The fraction of sp³-hybridized carbons (Fsp3) is 0.350. The molecule has 2 N–H and O–H groups in total. The van der Waals surface area contributed by atoms with Crippen molar-refractivity contribution in [1.29, 1.82) is 0 Å². The maximum atomic E-state index is 12.6. The van der Waals surface area contributed by atoms with Crippen molar-refractivity contribution < 1.29 is 9.90 Å². The van der Waals surface area contributed by atoms with Gasteiger partial charge in [0.05, 0.1) is 16.0 Å². The number of carboxylic acids is 1. The maximum Gasteiger partial charge on any atom is 0.341 e. The van der Waals surface area contributed by atoms with Crippen LogP contribution in [0.25, 0.3) is 21.6 Å². The second-order valence-corrected chi connectivity index (χ2v) is 8.57. The number of aromatic nitrogens is 2. The Morgan fingerprint density at radius 2 is 2.19 bits per heavy atom. The Balaban J connectivity index is 1.68. The van der Waals surface area contributed by atoms with Crippen LogP contribution in [0.2, 0.25) is 0 Å². The molecular weight excluding hydrogens is 362 g/mol. The van der Waals surface area contributed by atoms with Gasteiger partial charge in [-0.25, -0.2) is 9.78 Å². The molecule has 1 aliphatic carbocycles. The maximum absolute atomic E-state index is 12.6. The average Bonchev–Trinajstić information content (AvgIpc) is 3.40. The average molecular weight is 381 g/mol. The molecule has 5 rings (SSSR count). The summed E-state index contributed by atoms with van der Waals surface area (Å²) in [6.07, 6.45) is 4.44.